The van der Waals surface area contributed by atoms with Crippen molar-refractivity contribution in [1.29, 1.82) is 0 Å². The molecule has 0 rings (SSSR count). The van der Waals surface area contributed by atoms with E-state index < -0.39 is 24.3 Å². The molecule has 0 spiro atoms. The molecule has 2 atom stereocenters. The Kier molecular flexibility index (Phi) is 46.2. The van der Waals surface area contributed by atoms with Crippen molar-refractivity contribution in [3.63, 3.8) is 0 Å². The molecule has 2 unspecified atom stereocenters. The van der Waals surface area contributed by atoms with Gasteiger partial charge in [-0.25, -0.2) is 0 Å². The molecule has 0 aliphatic heterocycles. The Hall–Kier alpha value is -3.01. The number of ether oxygens (including phenoxy) is 4. The first-order valence-corrected chi connectivity index (χ1v) is 26.9. The molecule has 9 heteroatoms. The highest BCUT2D eigenvalue weighted by molar-refractivity contribution is 5.70. The number of allylic oxidation sites excluding steroid dienone is 10. The third kappa shape index (κ3) is 48.9. The van der Waals surface area contributed by atoms with E-state index in [1.807, 2.05) is 21.1 Å². The zero-order chi connectivity index (χ0) is 48.4. The second kappa shape index (κ2) is 48.4. The molecule has 0 aromatic carbocycles. The highest BCUT2D eigenvalue weighted by atomic mass is 16.7. The van der Waals surface area contributed by atoms with E-state index in [4.69, 9.17) is 18.9 Å². The molecule has 0 bridgehead atoms. The van der Waals surface area contributed by atoms with Crippen LogP contribution in [0.25, 0.3) is 0 Å². The Morgan fingerprint density at radius 1 is 0.470 bits per heavy atom. The van der Waals surface area contributed by atoms with Gasteiger partial charge in [0.1, 0.15) is 13.2 Å². The number of hydrogen-bond acceptors (Lipinski definition) is 8. The third-order valence-corrected chi connectivity index (χ3v) is 11.5. The lowest BCUT2D eigenvalue weighted by Crippen LogP contribution is -2.44. The number of unbranched alkanes of at least 4 members (excludes halogenated alkanes) is 24. The van der Waals surface area contributed by atoms with Crippen molar-refractivity contribution in [3.8, 4) is 0 Å². The second-order valence-electron chi connectivity index (χ2n) is 19.1. The number of aliphatic carboxylic acids is 1. The normalized spacial score (nSPS) is 13.3. The zero-order valence-corrected chi connectivity index (χ0v) is 43.3. The largest absolute Gasteiger partial charge is 0.545 e. The highest BCUT2D eigenvalue weighted by Crippen LogP contribution is 2.16. The van der Waals surface area contributed by atoms with E-state index in [2.05, 4.69) is 74.6 Å². The first-order chi connectivity index (χ1) is 32.1. The van der Waals surface area contributed by atoms with Crippen molar-refractivity contribution in [3.05, 3.63) is 60.8 Å². The van der Waals surface area contributed by atoms with Crippen molar-refractivity contribution >= 4 is 17.9 Å². The van der Waals surface area contributed by atoms with Crippen LogP contribution in [0, 0.1) is 0 Å². The summed E-state index contributed by atoms with van der Waals surface area (Å²) < 4.78 is 22.6. The summed E-state index contributed by atoms with van der Waals surface area (Å²) in [6.45, 7) is 4.60. The summed E-state index contributed by atoms with van der Waals surface area (Å²) in [6.07, 6.45) is 57.0. The zero-order valence-electron chi connectivity index (χ0n) is 43.3. The maximum absolute atomic E-state index is 12.8. The van der Waals surface area contributed by atoms with Crippen LogP contribution >= 0.6 is 0 Å². The van der Waals surface area contributed by atoms with Gasteiger partial charge >= 0.3 is 11.9 Å². The van der Waals surface area contributed by atoms with Crippen LogP contribution < -0.4 is 5.11 Å². The molecular weight excluding hydrogens is 827 g/mol. The summed E-state index contributed by atoms with van der Waals surface area (Å²) in [7, 11) is 5.91. The van der Waals surface area contributed by atoms with Crippen LogP contribution in [0.5, 0.6) is 0 Å². The molecule has 0 aromatic rings. The first kappa shape index (κ1) is 63.0. The Bertz CT molecular complexity index is 1270. The monoisotopic (exact) mass is 928 g/mol. The van der Waals surface area contributed by atoms with Crippen molar-refractivity contribution in [1.82, 2.24) is 0 Å². The van der Waals surface area contributed by atoms with E-state index in [1.165, 1.54) is 116 Å². The van der Waals surface area contributed by atoms with Gasteiger partial charge in [0.05, 0.1) is 40.3 Å². The predicted octanol–water partition coefficient (Wildman–Crippen LogP) is 14.0. The molecule has 9 nitrogen and oxygen atoms in total. The van der Waals surface area contributed by atoms with E-state index in [0.29, 0.717) is 17.4 Å². The molecule has 0 N–H and O–H groups in total. The summed E-state index contributed by atoms with van der Waals surface area (Å²) in [4.78, 5) is 37.1. The maximum Gasteiger partial charge on any atom is 0.306 e. The molecule has 0 aliphatic rings. The van der Waals surface area contributed by atoms with Gasteiger partial charge in [0.2, 0.25) is 0 Å². The van der Waals surface area contributed by atoms with Gasteiger partial charge in [-0.1, -0.05) is 197 Å². The Balaban J connectivity index is 4.16. The van der Waals surface area contributed by atoms with E-state index >= 15 is 0 Å². The van der Waals surface area contributed by atoms with Gasteiger partial charge in [0, 0.05) is 12.8 Å². The number of carboxylic acid groups (broad SMARTS) is 1. The SMILES string of the molecule is CC/C=C\C/C=C\C/C=C\C/C=C\CCCCCCCCCCCCCCCCCCC(=O)OC(COC(=O)CCCCCCC/C=C\CCCCC)COC(OCC[N+](C)(C)C)C(=O)[O-]. The minimum Gasteiger partial charge on any atom is -0.545 e. The van der Waals surface area contributed by atoms with E-state index in [9.17, 15) is 19.5 Å². The molecule has 0 heterocycles. The summed E-state index contributed by atoms with van der Waals surface area (Å²) in [5.41, 5.74) is 0. The van der Waals surface area contributed by atoms with E-state index in [-0.39, 0.29) is 38.6 Å². The van der Waals surface area contributed by atoms with Gasteiger partial charge in [0.15, 0.2) is 12.4 Å². The molecule has 0 saturated heterocycles. The molecule has 0 fully saturated rings. The van der Waals surface area contributed by atoms with Crippen LogP contribution in [-0.4, -0.2) is 82.3 Å². The first-order valence-electron chi connectivity index (χ1n) is 26.9. The highest BCUT2D eigenvalue weighted by Gasteiger charge is 2.22. The third-order valence-electron chi connectivity index (χ3n) is 11.5. The molecular formula is C57H101NO8. The number of rotatable bonds is 49. The summed E-state index contributed by atoms with van der Waals surface area (Å²) in [5.74, 6) is -2.29. The Morgan fingerprint density at radius 2 is 0.864 bits per heavy atom. The quantitative estimate of drug-likeness (QED) is 0.0195. The second-order valence-corrected chi connectivity index (χ2v) is 19.1. The lowest BCUT2D eigenvalue weighted by atomic mass is 10.0. The van der Waals surface area contributed by atoms with Crippen LogP contribution in [0.4, 0.5) is 0 Å². The predicted molar refractivity (Wildman–Crippen MR) is 274 cm³/mol. The molecule has 0 saturated carbocycles. The van der Waals surface area contributed by atoms with Crippen LogP contribution in [0.3, 0.4) is 0 Å². The Morgan fingerprint density at radius 3 is 1.30 bits per heavy atom. The van der Waals surface area contributed by atoms with E-state index in [0.717, 1.165) is 77.0 Å². The number of carbonyl (C=O) groups is 3. The van der Waals surface area contributed by atoms with Crippen LogP contribution in [0.15, 0.2) is 60.8 Å². The number of carbonyl (C=O) groups excluding carboxylic acids is 3. The minimum absolute atomic E-state index is 0.146. The number of likely N-dealkylation sites (N-methyl/N-ethyl adjacent to an activating group) is 1. The average Bonchev–Trinajstić information content (AvgIpc) is 3.28. The number of quaternary nitrogens is 1. The van der Waals surface area contributed by atoms with Gasteiger partial charge in [-0.15, -0.1) is 0 Å². The standard InChI is InChI=1S/C57H101NO8/c1-6-8-10-12-14-16-18-20-21-22-23-24-25-26-27-28-29-30-31-32-33-34-35-36-38-40-42-44-46-48-55(60)66-53(52-65-57(56(61)62)63-50-49-58(3,4)5)51-64-54(59)47-45-43-41-39-37-19-17-15-13-11-9-7-2/h8,10,14-17,20-21,23-24,53,57H,6-7,9,11-13,18-19,22,25-52H2,1-5H3/b10-8-,16-14-,17-15-,21-20-,24-23-. The van der Waals surface area contributed by atoms with Gasteiger partial charge in [-0.2, -0.15) is 0 Å². The van der Waals surface area contributed by atoms with E-state index in [1.54, 1.807) is 0 Å². The molecule has 0 aromatic heterocycles. The lowest BCUT2D eigenvalue weighted by Gasteiger charge is -2.26. The van der Waals surface area contributed by atoms with Crippen LogP contribution in [0.2, 0.25) is 0 Å². The van der Waals surface area contributed by atoms with Gasteiger partial charge in [0.25, 0.3) is 0 Å². The fourth-order valence-corrected chi connectivity index (χ4v) is 7.35. The molecule has 0 amide bonds. The van der Waals surface area contributed by atoms with Crippen molar-refractivity contribution in [2.24, 2.45) is 0 Å². The average molecular weight is 928 g/mol. The van der Waals surface area contributed by atoms with Gasteiger partial charge in [-0.3, -0.25) is 9.59 Å². The van der Waals surface area contributed by atoms with Crippen molar-refractivity contribution in [2.75, 3.05) is 47.5 Å². The number of esters is 2. The minimum atomic E-state index is -1.62. The van der Waals surface area contributed by atoms with Crippen molar-refractivity contribution in [2.45, 2.75) is 238 Å². The molecule has 0 radical (unpaired) electrons. The fraction of sp³-hybridized carbons (Fsp3) is 0.772. The smallest absolute Gasteiger partial charge is 0.306 e. The summed E-state index contributed by atoms with van der Waals surface area (Å²) >= 11 is 0. The van der Waals surface area contributed by atoms with Crippen LogP contribution in [0.1, 0.15) is 226 Å². The molecule has 66 heavy (non-hydrogen) atoms. The molecule has 0 aliphatic carbocycles. The van der Waals surface area contributed by atoms with Gasteiger partial charge < -0.3 is 33.3 Å². The van der Waals surface area contributed by atoms with Crippen molar-refractivity contribution < 1.29 is 42.9 Å². The summed E-state index contributed by atoms with van der Waals surface area (Å²) in [5, 5.41) is 11.7. The van der Waals surface area contributed by atoms with Gasteiger partial charge in [-0.05, 0) is 77.0 Å². The number of hydrogen-bond donors (Lipinski definition) is 0. The van der Waals surface area contributed by atoms with Crippen LogP contribution in [-0.2, 0) is 33.3 Å². The topological polar surface area (TPSA) is 111 Å². The summed E-state index contributed by atoms with van der Waals surface area (Å²) in [6, 6.07) is 0. The fourth-order valence-electron chi connectivity index (χ4n) is 7.35. The maximum atomic E-state index is 12.8. The number of carboxylic acids is 1. The molecule has 382 valence electrons. The number of nitrogens with zero attached hydrogens (tertiary/aromatic N) is 1. The Labute approximate surface area is 405 Å². The lowest BCUT2D eigenvalue weighted by molar-refractivity contribution is -0.870.